The van der Waals surface area contributed by atoms with Crippen LogP contribution in [0, 0.1) is 6.92 Å². The first-order valence-corrected chi connectivity index (χ1v) is 12.4. The first kappa shape index (κ1) is 19.7. The van der Waals surface area contributed by atoms with E-state index >= 15 is 0 Å². The van der Waals surface area contributed by atoms with Crippen LogP contribution in [0.2, 0.25) is 0 Å². The quantitative estimate of drug-likeness (QED) is 0.289. The van der Waals surface area contributed by atoms with Gasteiger partial charge in [-0.25, -0.2) is 0 Å². The maximum Gasteiger partial charge on any atom is 0.0989 e. The van der Waals surface area contributed by atoms with E-state index in [4.69, 9.17) is 0 Å². The number of aryl methyl sites for hydroxylation is 1. The number of fused-ring (bicyclic) bond motifs is 5. The lowest BCUT2D eigenvalue weighted by molar-refractivity contribution is 0.435. The van der Waals surface area contributed by atoms with E-state index in [1.807, 2.05) is 0 Å². The molecule has 4 aromatic carbocycles. The second-order valence-corrected chi connectivity index (χ2v) is 9.85. The summed E-state index contributed by atoms with van der Waals surface area (Å²) in [5, 5.41) is 2.65. The van der Waals surface area contributed by atoms with Gasteiger partial charge < -0.3 is 14.4 Å². The minimum atomic E-state index is 0.334. The number of benzene rings is 4. The van der Waals surface area contributed by atoms with Gasteiger partial charge in [-0.3, -0.25) is 0 Å². The molecule has 2 unspecified atom stereocenters. The average Bonchev–Trinajstić information content (AvgIpc) is 2.98. The molecule has 0 aliphatic carbocycles. The minimum Gasteiger partial charge on any atom is -0.351 e. The van der Waals surface area contributed by atoms with Crippen LogP contribution in [0.3, 0.4) is 0 Å². The van der Waals surface area contributed by atoms with Crippen molar-refractivity contribution in [1.82, 2.24) is 4.57 Å². The van der Waals surface area contributed by atoms with Crippen LogP contribution >= 0.6 is 0 Å². The Bertz CT molecular complexity index is 1530. The summed E-state index contributed by atoms with van der Waals surface area (Å²) in [6.07, 6.45) is 2.64. The summed E-state index contributed by atoms with van der Waals surface area (Å²) in [6.45, 7) is 5.80. The van der Waals surface area contributed by atoms with Crippen LogP contribution < -0.4 is 9.80 Å². The molecule has 5 aromatic rings. The van der Waals surface area contributed by atoms with Crippen molar-refractivity contribution in [2.45, 2.75) is 38.9 Å². The predicted molar refractivity (Wildman–Crippen MR) is 143 cm³/mol. The van der Waals surface area contributed by atoms with E-state index in [2.05, 4.69) is 119 Å². The molecule has 0 radical (unpaired) electrons. The Morgan fingerprint density at radius 3 is 2.38 bits per heavy atom. The van der Waals surface area contributed by atoms with E-state index in [-0.39, 0.29) is 0 Å². The molecule has 8 rings (SSSR count). The predicted octanol–water partition coefficient (Wildman–Crippen LogP) is 7.08. The molecular formula is C31H29N3. The van der Waals surface area contributed by atoms with Gasteiger partial charge >= 0.3 is 0 Å². The van der Waals surface area contributed by atoms with Crippen molar-refractivity contribution in [3.8, 4) is 5.69 Å². The highest BCUT2D eigenvalue weighted by Gasteiger charge is 2.38. The summed E-state index contributed by atoms with van der Waals surface area (Å²) < 4.78 is 2.42. The minimum absolute atomic E-state index is 0.334. The molecule has 4 heterocycles. The van der Waals surface area contributed by atoms with Gasteiger partial charge in [-0.15, -0.1) is 0 Å². The van der Waals surface area contributed by atoms with Crippen LogP contribution in [-0.2, 0) is 6.42 Å². The summed E-state index contributed by atoms with van der Waals surface area (Å²) in [5.41, 5.74) is 9.38. The standard InChI is InChI=1S/C31H29N3/c1-21-18-31-27(26-13-7-9-15-29(26)34(31)24-11-4-3-5-12-24)20-30(21)33-22(2)32-17-16-25(33)19-23-10-6-8-14-28(23)32/h3-15,18,20,22,25H,16-17,19H2,1-2H3. The second kappa shape index (κ2) is 7.39. The summed E-state index contributed by atoms with van der Waals surface area (Å²) in [5.74, 6) is 0. The lowest BCUT2D eigenvalue weighted by atomic mass is 9.99. The molecule has 3 heteroatoms. The van der Waals surface area contributed by atoms with Crippen LogP contribution in [0.25, 0.3) is 27.5 Å². The summed E-state index contributed by atoms with van der Waals surface area (Å²) >= 11 is 0. The van der Waals surface area contributed by atoms with Crippen molar-refractivity contribution < 1.29 is 0 Å². The number of nitrogens with zero attached hydrogens (tertiary/aromatic N) is 3. The Morgan fingerprint density at radius 1 is 0.735 bits per heavy atom. The molecule has 1 fully saturated rings. The van der Waals surface area contributed by atoms with E-state index in [9.17, 15) is 0 Å². The SMILES string of the molecule is Cc1cc2c(cc1N1C3CCN(c4ccccc4C3)C1C)c1ccccc1n2-c1ccccc1. The normalized spacial score (nSPS) is 19.6. The topological polar surface area (TPSA) is 11.4 Å². The molecule has 0 spiro atoms. The number of anilines is 2. The molecule has 3 aliphatic heterocycles. The van der Waals surface area contributed by atoms with E-state index in [0.29, 0.717) is 12.2 Å². The molecule has 34 heavy (non-hydrogen) atoms. The Labute approximate surface area is 200 Å². The van der Waals surface area contributed by atoms with Crippen LogP contribution in [0.5, 0.6) is 0 Å². The number of para-hydroxylation sites is 3. The molecule has 0 N–H and O–H groups in total. The molecule has 2 bridgehead atoms. The van der Waals surface area contributed by atoms with Gasteiger partial charge in [0.25, 0.3) is 0 Å². The number of aromatic nitrogens is 1. The van der Waals surface area contributed by atoms with Crippen LogP contribution in [0.4, 0.5) is 11.4 Å². The highest BCUT2D eigenvalue weighted by atomic mass is 15.4. The Balaban J connectivity index is 1.44. The molecule has 1 saturated heterocycles. The van der Waals surface area contributed by atoms with Crippen LogP contribution in [-0.4, -0.2) is 23.3 Å². The summed E-state index contributed by atoms with van der Waals surface area (Å²) in [6, 6.07) is 34.0. The maximum absolute atomic E-state index is 2.70. The van der Waals surface area contributed by atoms with Gasteiger partial charge in [0.05, 0.1) is 17.2 Å². The fourth-order valence-corrected chi connectivity index (χ4v) is 6.45. The van der Waals surface area contributed by atoms with Crippen LogP contribution in [0.15, 0.2) is 91.0 Å². The maximum atomic E-state index is 2.70. The smallest absolute Gasteiger partial charge is 0.0989 e. The zero-order chi connectivity index (χ0) is 22.8. The molecule has 0 amide bonds. The average molecular weight is 444 g/mol. The second-order valence-electron chi connectivity index (χ2n) is 9.85. The molecule has 168 valence electrons. The zero-order valence-corrected chi connectivity index (χ0v) is 19.8. The fraction of sp³-hybridized carbons (Fsp3) is 0.226. The van der Waals surface area contributed by atoms with Gasteiger partial charge in [0.1, 0.15) is 0 Å². The van der Waals surface area contributed by atoms with Gasteiger partial charge in [0, 0.05) is 40.4 Å². The van der Waals surface area contributed by atoms with Crippen molar-refractivity contribution >= 4 is 33.2 Å². The van der Waals surface area contributed by atoms with Crippen molar-refractivity contribution in [3.63, 3.8) is 0 Å². The molecular weight excluding hydrogens is 414 g/mol. The third-order valence-corrected chi connectivity index (χ3v) is 7.99. The highest BCUT2D eigenvalue weighted by molar-refractivity contribution is 6.10. The third kappa shape index (κ3) is 2.76. The van der Waals surface area contributed by atoms with E-state index < -0.39 is 0 Å². The van der Waals surface area contributed by atoms with E-state index in [1.165, 1.54) is 56.4 Å². The van der Waals surface area contributed by atoms with Gasteiger partial charge in [-0.05, 0) is 74.2 Å². The highest BCUT2D eigenvalue weighted by Crippen LogP contribution is 2.42. The van der Waals surface area contributed by atoms with Crippen molar-refractivity contribution in [1.29, 1.82) is 0 Å². The third-order valence-electron chi connectivity index (χ3n) is 7.99. The lowest BCUT2D eigenvalue weighted by Gasteiger charge is -2.47. The Kier molecular flexibility index (Phi) is 4.29. The summed E-state index contributed by atoms with van der Waals surface area (Å²) in [4.78, 5) is 5.31. The first-order valence-electron chi connectivity index (χ1n) is 12.4. The molecule has 1 aromatic heterocycles. The van der Waals surface area contributed by atoms with E-state index in [1.54, 1.807) is 0 Å². The summed E-state index contributed by atoms with van der Waals surface area (Å²) in [7, 11) is 0. The lowest BCUT2D eigenvalue weighted by Crippen LogP contribution is -2.56. The van der Waals surface area contributed by atoms with E-state index in [0.717, 1.165) is 13.0 Å². The van der Waals surface area contributed by atoms with Crippen molar-refractivity contribution in [3.05, 3.63) is 102 Å². The van der Waals surface area contributed by atoms with Crippen molar-refractivity contribution in [2.24, 2.45) is 0 Å². The fourth-order valence-electron chi connectivity index (χ4n) is 6.45. The largest absolute Gasteiger partial charge is 0.351 e. The Hall–Kier alpha value is -3.72. The molecule has 0 saturated carbocycles. The monoisotopic (exact) mass is 443 g/mol. The number of rotatable bonds is 2. The number of hydrogen-bond acceptors (Lipinski definition) is 2. The van der Waals surface area contributed by atoms with Crippen molar-refractivity contribution in [2.75, 3.05) is 16.3 Å². The van der Waals surface area contributed by atoms with Crippen LogP contribution in [0.1, 0.15) is 24.5 Å². The van der Waals surface area contributed by atoms with Gasteiger partial charge in [-0.1, -0.05) is 54.6 Å². The van der Waals surface area contributed by atoms with Gasteiger partial charge in [0.15, 0.2) is 0 Å². The Morgan fingerprint density at radius 2 is 1.50 bits per heavy atom. The van der Waals surface area contributed by atoms with Gasteiger partial charge in [-0.2, -0.15) is 0 Å². The molecule has 3 aliphatic rings. The first-order chi connectivity index (χ1) is 16.7. The molecule has 3 nitrogen and oxygen atoms in total. The zero-order valence-electron chi connectivity index (χ0n) is 19.8. The number of hydrogen-bond donors (Lipinski definition) is 0. The van der Waals surface area contributed by atoms with Gasteiger partial charge in [0.2, 0.25) is 0 Å². The molecule has 2 atom stereocenters.